The van der Waals surface area contributed by atoms with E-state index in [1.807, 2.05) is 0 Å². The molecule has 0 radical (unpaired) electrons. The third kappa shape index (κ3) is 4.24. The Kier molecular flexibility index (Phi) is 4.95. The number of carbonyl (C=O) groups excluding carboxylic acids is 1. The Morgan fingerprint density at radius 1 is 1.47 bits per heavy atom. The number of anilines is 1. The Balaban J connectivity index is 3.00. The molecule has 1 aromatic rings. The van der Waals surface area contributed by atoms with E-state index in [0.29, 0.717) is 6.42 Å². The van der Waals surface area contributed by atoms with E-state index in [1.165, 1.54) is 6.07 Å². The van der Waals surface area contributed by atoms with Crippen molar-refractivity contribution in [3.63, 3.8) is 0 Å². The van der Waals surface area contributed by atoms with Crippen molar-refractivity contribution in [2.24, 2.45) is 5.92 Å². The van der Waals surface area contributed by atoms with Gasteiger partial charge >= 0.3 is 6.18 Å². The lowest BCUT2D eigenvalue weighted by atomic mass is 10.1. The molecule has 102 valence electrons. The van der Waals surface area contributed by atoms with Gasteiger partial charge < -0.3 is 5.32 Å². The van der Waals surface area contributed by atoms with Crippen LogP contribution >= 0.6 is 15.9 Å². The quantitative estimate of drug-likeness (QED) is 0.909. The number of nitrogens with one attached hydrogen (secondary N) is 1. The van der Waals surface area contributed by atoms with Crippen molar-refractivity contribution in [3.8, 4) is 6.07 Å². The molecule has 1 rings (SSSR count). The highest BCUT2D eigenvalue weighted by atomic mass is 79.9. The number of rotatable bonds is 3. The predicted molar refractivity (Wildman–Crippen MR) is 67.2 cm³/mol. The Bertz CT molecular complexity index is 523. The maximum absolute atomic E-state index is 12.6. The zero-order valence-corrected chi connectivity index (χ0v) is 11.5. The third-order valence-electron chi connectivity index (χ3n) is 2.37. The number of benzene rings is 1. The van der Waals surface area contributed by atoms with E-state index >= 15 is 0 Å². The average molecular weight is 335 g/mol. The molecule has 7 heteroatoms. The van der Waals surface area contributed by atoms with Crippen molar-refractivity contribution < 1.29 is 18.0 Å². The summed E-state index contributed by atoms with van der Waals surface area (Å²) in [5, 5.41) is 11.0. The first-order valence-corrected chi connectivity index (χ1v) is 6.15. The standard InChI is InChI=1S/C12H10BrF3N2O/c1-2-7(6-17)11(19)18-10-4-8(12(14,15)16)3-9(13)5-10/h3-5,7H,2H2,1H3,(H,18,19). The molecule has 1 aromatic carbocycles. The smallest absolute Gasteiger partial charge is 0.325 e. The number of nitrogens with zero attached hydrogens (tertiary/aromatic N) is 1. The van der Waals surface area contributed by atoms with Gasteiger partial charge in [0.2, 0.25) is 5.91 Å². The summed E-state index contributed by atoms with van der Waals surface area (Å²) in [6.45, 7) is 1.65. The average Bonchev–Trinajstić information content (AvgIpc) is 2.28. The summed E-state index contributed by atoms with van der Waals surface area (Å²) in [6, 6.07) is 4.87. The van der Waals surface area contributed by atoms with E-state index in [2.05, 4.69) is 21.2 Å². The van der Waals surface area contributed by atoms with Crippen molar-refractivity contribution in [2.45, 2.75) is 19.5 Å². The zero-order valence-electron chi connectivity index (χ0n) is 9.88. The third-order valence-corrected chi connectivity index (χ3v) is 2.83. The summed E-state index contributed by atoms with van der Waals surface area (Å²) < 4.78 is 38.0. The van der Waals surface area contributed by atoms with Gasteiger partial charge in [0.15, 0.2) is 0 Å². The van der Waals surface area contributed by atoms with Gasteiger partial charge in [0.05, 0.1) is 11.6 Å². The molecule has 0 saturated carbocycles. The molecular formula is C12H10BrF3N2O. The Morgan fingerprint density at radius 3 is 2.58 bits per heavy atom. The van der Waals surface area contributed by atoms with Crippen LogP contribution in [0.2, 0.25) is 0 Å². The van der Waals surface area contributed by atoms with E-state index in [-0.39, 0.29) is 10.2 Å². The molecule has 1 unspecified atom stereocenters. The number of carbonyl (C=O) groups is 1. The van der Waals surface area contributed by atoms with Gasteiger partial charge in [-0.15, -0.1) is 0 Å². The summed E-state index contributed by atoms with van der Waals surface area (Å²) >= 11 is 2.95. The molecular weight excluding hydrogens is 325 g/mol. The fourth-order valence-electron chi connectivity index (χ4n) is 1.39. The summed E-state index contributed by atoms with van der Waals surface area (Å²) in [5.41, 5.74) is -0.873. The number of alkyl halides is 3. The maximum atomic E-state index is 12.6. The van der Waals surface area contributed by atoms with Crippen LogP contribution in [-0.4, -0.2) is 5.91 Å². The lowest BCUT2D eigenvalue weighted by Crippen LogP contribution is -2.21. The van der Waals surface area contributed by atoms with Crippen molar-refractivity contribution >= 4 is 27.5 Å². The van der Waals surface area contributed by atoms with E-state index in [4.69, 9.17) is 5.26 Å². The van der Waals surface area contributed by atoms with Gasteiger partial charge in [-0.05, 0) is 24.6 Å². The number of hydrogen-bond acceptors (Lipinski definition) is 2. The molecule has 0 aromatic heterocycles. The van der Waals surface area contributed by atoms with E-state index < -0.39 is 23.6 Å². The van der Waals surface area contributed by atoms with E-state index in [9.17, 15) is 18.0 Å². The van der Waals surface area contributed by atoms with Gasteiger partial charge in [-0.1, -0.05) is 22.9 Å². The summed E-state index contributed by atoms with van der Waals surface area (Å²) in [5.74, 6) is -1.50. The van der Waals surface area contributed by atoms with Crippen LogP contribution in [0.1, 0.15) is 18.9 Å². The predicted octanol–water partition coefficient (Wildman–Crippen LogP) is 3.96. The van der Waals surface area contributed by atoms with Crippen molar-refractivity contribution in [1.82, 2.24) is 0 Å². The number of amides is 1. The van der Waals surface area contributed by atoms with Crippen LogP contribution in [0.4, 0.5) is 18.9 Å². The highest BCUT2D eigenvalue weighted by Crippen LogP contribution is 2.33. The first-order chi connectivity index (χ1) is 8.77. The molecule has 0 aliphatic rings. The van der Waals surface area contributed by atoms with Crippen LogP contribution in [0.15, 0.2) is 22.7 Å². The normalized spacial score (nSPS) is 12.6. The molecule has 0 spiro atoms. The zero-order chi connectivity index (χ0) is 14.6. The molecule has 0 fully saturated rings. The van der Waals surface area contributed by atoms with Crippen LogP contribution < -0.4 is 5.32 Å². The molecule has 3 nitrogen and oxygen atoms in total. The highest BCUT2D eigenvalue weighted by Gasteiger charge is 2.31. The molecule has 0 bridgehead atoms. The fraction of sp³-hybridized carbons (Fsp3) is 0.333. The van der Waals surface area contributed by atoms with Crippen molar-refractivity contribution in [1.29, 1.82) is 5.26 Å². The molecule has 1 amide bonds. The summed E-state index contributed by atoms with van der Waals surface area (Å²) in [4.78, 5) is 11.6. The van der Waals surface area contributed by atoms with Crippen LogP contribution in [0, 0.1) is 17.2 Å². The van der Waals surface area contributed by atoms with E-state index in [1.54, 1.807) is 13.0 Å². The topological polar surface area (TPSA) is 52.9 Å². The Labute approximate surface area is 116 Å². The minimum absolute atomic E-state index is 0.000370. The highest BCUT2D eigenvalue weighted by molar-refractivity contribution is 9.10. The van der Waals surface area contributed by atoms with Gasteiger partial charge in [0.25, 0.3) is 0 Å². The van der Waals surface area contributed by atoms with Gasteiger partial charge in [0.1, 0.15) is 5.92 Å². The SMILES string of the molecule is CCC(C#N)C(=O)Nc1cc(Br)cc(C(F)(F)F)c1. The number of halogens is 4. The maximum Gasteiger partial charge on any atom is 0.416 e. The van der Waals surface area contributed by atoms with Crippen molar-refractivity contribution in [2.75, 3.05) is 5.32 Å². The van der Waals surface area contributed by atoms with Crippen LogP contribution in [0.25, 0.3) is 0 Å². The molecule has 0 aliphatic carbocycles. The monoisotopic (exact) mass is 334 g/mol. The second-order valence-corrected chi connectivity index (χ2v) is 4.72. The van der Waals surface area contributed by atoms with Gasteiger partial charge in [-0.25, -0.2) is 0 Å². The summed E-state index contributed by atoms with van der Waals surface area (Å²) in [6.07, 6.45) is -4.20. The second kappa shape index (κ2) is 6.06. The first kappa shape index (κ1) is 15.5. The molecule has 1 atom stereocenters. The molecule has 0 aliphatic heterocycles. The molecule has 0 saturated heterocycles. The Hall–Kier alpha value is -1.55. The number of hydrogen-bond donors (Lipinski definition) is 1. The van der Waals surface area contributed by atoms with Gasteiger partial charge in [0, 0.05) is 10.2 Å². The second-order valence-electron chi connectivity index (χ2n) is 3.81. The molecule has 1 N–H and O–H groups in total. The Morgan fingerprint density at radius 2 is 2.11 bits per heavy atom. The van der Waals surface area contributed by atoms with Crippen molar-refractivity contribution in [3.05, 3.63) is 28.2 Å². The fourth-order valence-corrected chi connectivity index (χ4v) is 1.88. The first-order valence-electron chi connectivity index (χ1n) is 5.36. The van der Waals surface area contributed by atoms with Gasteiger partial charge in [-0.2, -0.15) is 18.4 Å². The van der Waals surface area contributed by atoms with Crippen LogP contribution in [-0.2, 0) is 11.0 Å². The van der Waals surface area contributed by atoms with Crippen LogP contribution in [0.5, 0.6) is 0 Å². The minimum Gasteiger partial charge on any atom is -0.325 e. The molecule has 19 heavy (non-hydrogen) atoms. The van der Waals surface area contributed by atoms with Crippen LogP contribution in [0.3, 0.4) is 0 Å². The minimum atomic E-state index is -4.50. The van der Waals surface area contributed by atoms with Gasteiger partial charge in [-0.3, -0.25) is 4.79 Å². The molecule has 0 heterocycles. The lowest BCUT2D eigenvalue weighted by Gasteiger charge is -2.12. The number of nitriles is 1. The summed E-state index contributed by atoms with van der Waals surface area (Å²) in [7, 11) is 0. The largest absolute Gasteiger partial charge is 0.416 e. The lowest BCUT2D eigenvalue weighted by molar-refractivity contribution is -0.137. The van der Waals surface area contributed by atoms with E-state index in [0.717, 1.165) is 12.1 Å².